The summed E-state index contributed by atoms with van der Waals surface area (Å²) in [6.07, 6.45) is 0.522. The Morgan fingerprint density at radius 2 is 1.87 bits per heavy atom. The highest BCUT2D eigenvalue weighted by Gasteiger charge is 2.04. The molecule has 0 aliphatic carbocycles. The second kappa shape index (κ2) is 5.31. The first kappa shape index (κ1) is 12.2. The van der Waals surface area contributed by atoms with E-state index in [1.165, 1.54) is 0 Å². The zero-order valence-corrected chi connectivity index (χ0v) is 10.8. The van der Waals surface area contributed by atoms with E-state index < -0.39 is 0 Å². The zero-order chi connectivity index (χ0) is 11.4. The number of aryl methyl sites for hydroxylation is 2. The lowest BCUT2D eigenvalue weighted by atomic mass is 10.1. The zero-order valence-electron chi connectivity index (χ0n) is 9.26. The molecule has 0 aliphatic rings. The largest absolute Gasteiger partial charge is 0.486 e. The Bertz CT molecular complexity index is 349. The summed E-state index contributed by atoms with van der Waals surface area (Å²) in [5, 5.41) is 0. The van der Waals surface area contributed by atoms with Crippen LogP contribution in [0.4, 0.5) is 0 Å². The molecule has 0 saturated carbocycles. The van der Waals surface area contributed by atoms with Crippen molar-refractivity contribution in [3.63, 3.8) is 0 Å². The molecule has 0 N–H and O–H groups in total. The molecule has 2 nitrogen and oxygen atoms in total. The Morgan fingerprint density at radius 3 is 2.33 bits per heavy atom. The summed E-state index contributed by atoms with van der Waals surface area (Å²) in [5.74, 6) is 0.878. The van der Waals surface area contributed by atoms with Crippen LogP contribution in [0.5, 0.6) is 5.75 Å². The smallest absolute Gasteiger partial charge is 0.169 e. The lowest BCUT2D eigenvalue weighted by molar-refractivity contribution is -0.120. The lowest BCUT2D eigenvalue weighted by Crippen LogP contribution is -2.09. The van der Waals surface area contributed by atoms with Crippen molar-refractivity contribution in [1.82, 2.24) is 0 Å². The van der Waals surface area contributed by atoms with E-state index in [0.717, 1.165) is 21.3 Å². The van der Waals surface area contributed by atoms with Crippen molar-refractivity contribution in [2.24, 2.45) is 0 Å². The fourth-order valence-electron chi connectivity index (χ4n) is 1.26. The average molecular weight is 271 g/mol. The van der Waals surface area contributed by atoms with Gasteiger partial charge in [-0.15, -0.1) is 0 Å². The molecule has 0 fully saturated rings. The maximum atomic E-state index is 11.1. The van der Waals surface area contributed by atoms with E-state index in [0.29, 0.717) is 6.42 Å². The van der Waals surface area contributed by atoms with Gasteiger partial charge >= 0.3 is 0 Å². The number of rotatable bonds is 4. The summed E-state index contributed by atoms with van der Waals surface area (Å²) in [6, 6.07) is 3.86. The van der Waals surface area contributed by atoms with E-state index in [1.807, 2.05) is 32.9 Å². The quantitative estimate of drug-likeness (QED) is 0.838. The van der Waals surface area contributed by atoms with Crippen LogP contribution in [0.1, 0.15) is 24.5 Å². The van der Waals surface area contributed by atoms with Gasteiger partial charge in [-0.05, 0) is 37.1 Å². The number of ketones is 1. The number of ether oxygens (including phenoxy) is 1. The number of halogens is 1. The maximum absolute atomic E-state index is 11.1. The summed E-state index contributed by atoms with van der Waals surface area (Å²) >= 11 is 3.48. The first-order chi connectivity index (χ1) is 7.04. The Morgan fingerprint density at radius 1 is 1.33 bits per heavy atom. The second-order valence-corrected chi connectivity index (χ2v) is 4.34. The summed E-state index contributed by atoms with van der Waals surface area (Å²) in [7, 11) is 0. The molecule has 0 amide bonds. The minimum absolute atomic E-state index is 0.119. The molecule has 1 rings (SSSR count). The normalized spacial score (nSPS) is 10.1. The van der Waals surface area contributed by atoms with E-state index in [2.05, 4.69) is 15.9 Å². The molecule has 15 heavy (non-hydrogen) atoms. The van der Waals surface area contributed by atoms with Crippen molar-refractivity contribution < 1.29 is 9.53 Å². The fraction of sp³-hybridized carbons (Fsp3) is 0.417. The Hall–Kier alpha value is -0.830. The Kier molecular flexibility index (Phi) is 4.33. The SMILES string of the molecule is CCC(=O)COc1cc(C)c(Br)c(C)c1. The fourth-order valence-corrected chi connectivity index (χ4v) is 1.48. The van der Waals surface area contributed by atoms with E-state index in [4.69, 9.17) is 4.74 Å². The molecule has 1 aromatic rings. The predicted octanol–water partition coefficient (Wildman–Crippen LogP) is 3.42. The highest BCUT2D eigenvalue weighted by atomic mass is 79.9. The van der Waals surface area contributed by atoms with Gasteiger partial charge in [-0.3, -0.25) is 4.79 Å². The van der Waals surface area contributed by atoms with Crippen LogP contribution in [0, 0.1) is 13.8 Å². The van der Waals surface area contributed by atoms with Gasteiger partial charge in [-0.25, -0.2) is 0 Å². The number of carbonyl (C=O) groups excluding carboxylic acids is 1. The number of Topliss-reactive ketones (excluding diaryl/α,β-unsaturated/α-hetero) is 1. The topological polar surface area (TPSA) is 26.3 Å². The van der Waals surface area contributed by atoms with E-state index in [9.17, 15) is 4.79 Å². The van der Waals surface area contributed by atoms with Gasteiger partial charge in [-0.2, -0.15) is 0 Å². The van der Waals surface area contributed by atoms with Crippen LogP contribution in [-0.4, -0.2) is 12.4 Å². The third-order valence-electron chi connectivity index (χ3n) is 2.20. The van der Waals surface area contributed by atoms with Crippen molar-refractivity contribution in [2.45, 2.75) is 27.2 Å². The van der Waals surface area contributed by atoms with Gasteiger partial charge in [0.2, 0.25) is 0 Å². The van der Waals surface area contributed by atoms with Gasteiger partial charge in [0.25, 0.3) is 0 Å². The van der Waals surface area contributed by atoms with E-state index in [-0.39, 0.29) is 12.4 Å². The molecule has 0 aromatic heterocycles. The third-order valence-corrected chi connectivity index (χ3v) is 3.45. The summed E-state index contributed by atoms with van der Waals surface area (Å²) in [6.45, 7) is 6.01. The monoisotopic (exact) mass is 270 g/mol. The minimum atomic E-state index is 0.119. The molecule has 0 unspecified atom stereocenters. The molecule has 0 heterocycles. The molecule has 0 radical (unpaired) electrons. The van der Waals surface area contributed by atoms with Crippen LogP contribution in [0.3, 0.4) is 0 Å². The predicted molar refractivity (Wildman–Crippen MR) is 64.4 cm³/mol. The Labute approximate surface area is 98.8 Å². The van der Waals surface area contributed by atoms with Crippen molar-refractivity contribution in [3.05, 3.63) is 27.7 Å². The van der Waals surface area contributed by atoms with E-state index >= 15 is 0 Å². The molecular weight excluding hydrogens is 256 g/mol. The summed E-state index contributed by atoms with van der Waals surface area (Å²) in [4.78, 5) is 11.1. The molecule has 1 aromatic carbocycles. The molecular formula is C12H15BrO2. The minimum Gasteiger partial charge on any atom is -0.486 e. The number of carbonyl (C=O) groups is 1. The first-order valence-corrected chi connectivity index (χ1v) is 5.75. The van der Waals surface area contributed by atoms with Crippen molar-refractivity contribution >= 4 is 21.7 Å². The van der Waals surface area contributed by atoms with Crippen LogP contribution in [-0.2, 0) is 4.79 Å². The number of hydrogen-bond acceptors (Lipinski definition) is 2. The van der Waals surface area contributed by atoms with Crippen LogP contribution >= 0.6 is 15.9 Å². The first-order valence-electron chi connectivity index (χ1n) is 4.95. The van der Waals surface area contributed by atoms with Gasteiger partial charge < -0.3 is 4.74 Å². The third kappa shape index (κ3) is 3.34. The van der Waals surface area contributed by atoms with Crippen LogP contribution in [0.2, 0.25) is 0 Å². The highest BCUT2D eigenvalue weighted by molar-refractivity contribution is 9.10. The van der Waals surface area contributed by atoms with Crippen molar-refractivity contribution in [3.8, 4) is 5.75 Å². The van der Waals surface area contributed by atoms with Gasteiger partial charge in [0.15, 0.2) is 5.78 Å². The van der Waals surface area contributed by atoms with Gasteiger partial charge in [0.05, 0.1) is 0 Å². The van der Waals surface area contributed by atoms with Crippen LogP contribution in [0.25, 0.3) is 0 Å². The van der Waals surface area contributed by atoms with Gasteiger partial charge in [0.1, 0.15) is 12.4 Å². The van der Waals surface area contributed by atoms with Gasteiger partial charge in [-0.1, -0.05) is 22.9 Å². The maximum Gasteiger partial charge on any atom is 0.169 e. The molecule has 0 atom stereocenters. The van der Waals surface area contributed by atoms with Crippen LogP contribution < -0.4 is 4.74 Å². The molecule has 3 heteroatoms. The number of hydrogen-bond donors (Lipinski definition) is 0. The van der Waals surface area contributed by atoms with E-state index in [1.54, 1.807) is 0 Å². The summed E-state index contributed by atoms with van der Waals surface area (Å²) in [5.41, 5.74) is 2.24. The molecule has 0 spiro atoms. The van der Waals surface area contributed by atoms with Crippen molar-refractivity contribution in [1.29, 1.82) is 0 Å². The lowest BCUT2D eigenvalue weighted by Gasteiger charge is -2.09. The average Bonchev–Trinajstić information content (AvgIpc) is 2.22. The van der Waals surface area contributed by atoms with Gasteiger partial charge in [0, 0.05) is 10.9 Å². The molecule has 82 valence electrons. The molecule has 0 saturated heterocycles. The molecule has 0 bridgehead atoms. The highest BCUT2D eigenvalue weighted by Crippen LogP contribution is 2.26. The molecule has 0 aliphatic heterocycles. The number of benzene rings is 1. The standard InChI is InChI=1S/C12H15BrO2/c1-4-10(14)7-15-11-5-8(2)12(13)9(3)6-11/h5-6H,4,7H2,1-3H3. The second-order valence-electron chi connectivity index (χ2n) is 3.55. The summed E-state index contributed by atoms with van der Waals surface area (Å²) < 4.78 is 6.50. The Balaban J connectivity index is 2.75. The van der Waals surface area contributed by atoms with Crippen molar-refractivity contribution in [2.75, 3.05) is 6.61 Å². The van der Waals surface area contributed by atoms with Crippen LogP contribution in [0.15, 0.2) is 16.6 Å².